The highest BCUT2D eigenvalue weighted by Gasteiger charge is 2.36. The first kappa shape index (κ1) is 22.9. The van der Waals surface area contributed by atoms with E-state index in [1.54, 1.807) is 0 Å². The molecule has 2 aromatic rings. The Morgan fingerprint density at radius 1 is 1.06 bits per heavy atom. The number of carbonyl (C=O) groups is 2. The van der Waals surface area contributed by atoms with Gasteiger partial charge in [-0.2, -0.15) is 0 Å². The molecule has 1 fully saturated rings. The van der Waals surface area contributed by atoms with Gasteiger partial charge in [0.05, 0.1) is 6.04 Å². The largest absolute Gasteiger partial charge is 0.509 e. The van der Waals surface area contributed by atoms with Gasteiger partial charge in [-0.25, -0.2) is 0 Å². The third-order valence-electron chi connectivity index (χ3n) is 6.16. The molecule has 33 heavy (non-hydrogen) atoms. The number of aliphatic hydroxyl groups is 1. The van der Waals surface area contributed by atoms with Gasteiger partial charge in [-0.1, -0.05) is 44.2 Å². The van der Waals surface area contributed by atoms with E-state index in [4.69, 9.17) is 0 Å². The molecule has 0 saturated carbocycles. The van der Waals surface area contributed by atoms with Crippen molar-refractivity contribution in [1.82, 2.24) is 10.2 Å². The van der Waals surface area contributed by atoms with Crippen molar-refractivity contribution in [3.63, 3.8) is 0 Å². The van der Waals surface area contributed by atoms with Crippen LogP contribution in [0.3, 0.4) is 0 Å². The Morgan fingerprint density at radius 3 is 2.36 bits per heavy atom. The number of hydrogen-bond acceptors (Lipinski definition) is 5. The second-order valence-electron chi connectivity index (χ2n) is 9.17. The molecule has 7 heteroatoms. The first-order chi connectivity index (χ1) is 15.9. The van der Waals surface area contributed by atoms with Gasteiger partial charge in [-0.05, 0) is 42.2 Å². The summed E-state index contributed by atoms with van der Waals surface area (Å²) in [6.45, 7) is 8.84. The van der Waals surface area contributed by atoms with Crippen LogP contribution in [0.25, 0.3) is 0 Å². The van der Waals surface area contributed by atoms with Crippen LogP contribution in [0.15, 0.2) is 65.9 Å². The summed E-state index contributed by atoms with van der Waals surface area (Å²) >= 11 is 0. The fraction of sp³-hybridized carbons (Fsp3) is 0.385. The van der Waals surface area contributed by atoms with Crippen LogP contribution in [0.1, 0.15) is 25.8 Å². The van der Waals surface area contributed by atoms with Crippen LogP contribution in [0.4, 0.5) is 11.4 Å². The van der Waals surface area contributed by atoms with E-state index in [1.807, 2.05) is 44.2 Å². The lowest BCUT2D eigenvalue weighted by molar-refractivity contribution is -0.120. The molecule has 0 aromatic heterocycles. The van der Waals surface area contributed by atoms with Crippen LogP contribution in [-0.4, -0.2) is 54.0 Å². The number of benzene rings is 2. The molecule has 7 nitrogen and oxygen atoms in total. The van der Waals surface area contributed by atoms with Gasteiger partial charge in [0.15, 0.2) is 0 Å². The van der Waals surface area contributed by atoms with Crippen LogP contribution >= 0.6 is 0 Å². The number of nitrogens with zero attached hydrogens (tertiary/aromatic N) is 2. The monoisotopic (exact) mass is 448 g/mol. The number of amides is 2. The zero-order valence-corrected chi connectivity index (χ0v) is 19.3. The van der Waals surface area contributed by atoms with E-state index in [-0.39, 0.29) is 17.3 Å². The molecule has 2 aliphatic rings. The Morgan fingerprint density at radius 2 is 1.73 bits per heavy atom. The molecular formula is C26H32N4O3. The van der Waals surface area contributed by atoms with Gasteiger partial charge < -0.3 is 20.6 Å². The maximum Gasteiger partial charge on any atom is 0.264 e. The average Bonchev–Trinajstić information content (AvgIpc) is 3.07. The highest BCUT2D eigenvalue weighted by molar-refractivity contribution is 6.24. The Kier molecular flexibility index (Phi) is 6.99. The van der Waals surface area contributed by atoms with Crippen LogP contribution in [0.2, 0.25) is 0 Å². The Hall–Kier alpha value is -3.32. The summed E-state index contributed by atoms with van der Waals surface area (Å²) in [7, 11) is 0. The van der Waals surface area contributed by atoms with Crippen molar-refractivity contribution in [1.29, 1.82) is 0 Å². The third-order valence-corrected chi connectivity index (χ3v) is 6.16. The molecule has 2 amide bonds. The minimum Gasteiger partial charge on any atom is -0.509 e. The van der Waals surface area contributed by atoms with Crippen molar-refractivity contribution >= 4 is 23.2 Å². The molecule has 4 rings (SSSR count). The summed E-state index contributed by atoms with van der Waals surface area (Å²) < 4.78 is 0. The van der Waals surface area contributed by atoms with E-state index in [0.717, 1.165) is 38.4 Å². The van der Waals surface area contributed by atoms with E-state index in [1.165, 1.54) is 5.56 Å². The standard InChI is InChI=1S/C26H32N4O3/c1-18(2)16-22-24(31)23(26(33)28-22)25(32)27-20-8-10-21(11-9-20)30-14-12-29(13-15-30)17-19-6-4-3-5-7-19/h3-11,18,22,31H,12-17H2,1-2H3,(H,27,32)(H,28,33). The second kappa shape index (κ2) is 10.1. The van der Waals surface area contributed by atoms with Crippen LogP contribution in [0.5, 0.6) is 0 Å². The Balaban J connectivity index is 1.32. The summed E-state index contributed by atoms with van der Waals surface area (Å²) in [6, 6.07) is 17.6. The molecular weight excluding hydrogens is 416 g/mol. The lowest BCUT2D eigenvalue weighted by Gasteiger charge is -2.36. The summed E-state index contributed by atoms with van der Waals surface area (Å²) in [4.78, 5) is 29.6. The minimum absolute atomic E-state index is 0.170. The van der Waals surface area contributed by atoms with Gasteiger partial charge >= 0.3 is 0 Å². The van der Waals surface area contributed by atoms with Gasteiger partial charge in [0.25, 0.3) is 11.8 Å². The van der Waals surface area contributed by atoms with E-state index >= 15 is 0 Å². The molecule has 1 unspecified atom stereocenters. The normalized spacial score (nSPS) is 19.2. The SMILES string of the molecule is CC(C)CC1NC(=O)C(C(=O)Nc2ccc(N3CCN(Cc4ccccc4)CC3)cc2)=C1O. The van der Waals surface area contributed by atoms with Crippen LogP contribution in [-0.2, 0) is 16.1 Å². The van der Waals surface area contributed by atoms with E-state index in [0.29, 0.717) is 12.1 Å². The predicted octanol–water partition coefficient (Wildman–Crippen LogP) is 3.30. The van der Waals surface area contributed by atoms with E-state index in [9.17, 15) is 14.7 Å². The molecule has 3 N–H and O–H groups in total. The molecule has 1 saturated heterocycles. The number of carbonyl (C=O) groups excluding carboxylic acids is 2. The van der Waals surface area contributed by atoms with Crippen molar-refractivity contribution in [3.8, 4) is 0 Å². The molecule has 2 heterocycles. The smallest absolute Gasteiger partial charge is 0.264 e. The molecule has 174 valence electrons. The molecule has 0 aliphatic carbocycles. The van der Waals surface area contributed by atoms with Gasteiger partial charge in [0, 0.05) is 44.1 Å². The average molecular weight is 449 g/mol. The highest BCUT2D eigenvalue weighted by Crippen LogP contribution is 2.24. The number of rotatable bonds is 7. The van der Waals surface area contributed by atoms with Crippen molar-refractivity contribution < 1.29 is 14.7 Å². The summed E-state index contributed by atoms with van der Waals surface area (Å²) in [5, 5.41) is 15.8. The fourth-order valence-corrected chi connectivity index (χ4v) is 4.41. The van der Waals surface area contributed by atoms with Gasteiger partial charge in [-0.3, -0.25) is 14.5 Å². The number of hydrogen-bond donors (Lipinski definition) is 3. The summed E-state index contributed by atoms with van der Waals surface area (Å²) in [5.41, 5.74) is 2.83. The second-order valence-corrected chi connectivity index (χ2v) is 9.17. The van der Waals surface area contributed by atoms with Crippen LogP contribution in [0, 0.1) is 5.92 Å². The third kappa shape index (κ3) is 5.54. The van der Waals surface area contributed by atoms with Crippen molar-refractivity contribution in [2.75, 3.05) is 36.4 Å². The lowest BCUT2D eigenvalue weighted by Crippen LogP contribution is -2.45. The van der Waals surface area contributed by atoms with E-state index in [2.05, 4.69) is 44.7 Å². The number of nitrogens with one attached hydrogen (secondary N) is 2. The van der Waals surface area contributed by atoms with Crippen LogP contribution < -0.4 is 15.5 Å². The maximum atomic E-state index is 12.6. The first-order valence-electron chi connectivity index (χ1n) is 11.6. The number of aliphatic hydroxyl groups excluding tert-OH is 1. The zero-order valence-electron chi connectivity index (χ0n) is 19.3. The molecule has 2 aromatic carbocycles. The highest BCUT2D eigenvalue weighted by atomic mass is 16.3. The van der Waals surface area contributed by atoms with Crippen molar-refractivity contribution in [3.05, 3.63) is 71.5 Å². The quantitative estimate of drug-likeness (QED) is 0.566. The first-order valence-corrected chi connectivity index (χ1v) is 11.6. The lowest BCUT2D eigenvalue weighted by atomic mass is 10.0. The van der Waals surface area contributed by atoms with Gasteiger partial charge in [0.2, 0.25) is 0 Å². The zero-order chi connectivity index (χ0) is 23.4. The van der Waals surface area contributed by atoms with Crippen molar-refractivity contribution in [2.45, 2.75) is 32.9 Å². The summed E-state index contributed by atoms with van der Waals surface area (Å²) in [5.74, 6) is -0.997. The molecule has 0 bridgehead atoms. The number of piperazine rings is 1. The molecule has 0 radical (unpaired) electrons. The molecule has 2 aliphatic heterocycles. The molecule has 0 spiro atoms. The van der Waals surface area contributed by atoms with E-state index < -0.39 is 17.9 Å². The van der Waals surface area contributed by atoms with Gasteiger partial charge in [-0.15, -0.1) is 0 Å². The number of anilines is 2. The maximum absolute atomic E-state index is 12.6. The van der Waals surface area contributed by atoms with Gasteiger partial charge in [0.1, 0.15) is 11.3 Å². The Bertz CT molecular complexity index is 1010. The Labute approximate surface area is 195 Å². The summed E-state index contributed by atoms with van der Waals surface area (Å²) in [6.07, 6.45) is 0.585. The fourth-order valence-electron chi connectivity index (χ4n) is 4.41. The molecule has 1 atom stereocenters. The minimum atomic E-state index is -0.585. The van der Waals surface area contributed by atoms with Crippen molar-refractivity contribution in [2.24, 2.45) is 5.92 Å². The topological polar surface area (TPSA) is 84.9 Å². The predicted molar refractivity (Wildman–Crippen MR) is 130 cm³/mol.